The molecule has 19 heteroatoms. The van der Waals surface area contributed by atoms with Crippen LogP contribution in [-0.2, 0) is 65.4 Å². The molecule has 0 aromatic rings. The van der Waals surface area contributed by atoms with Gasteiger partial charge in [-0.25, -0.2) is 9.13 Å². The molecule has 594 valence electrons. The van der Waals surface area contributed by atoms with Gasteiger partial charge in [0.2, 0.25) is 0 Å². The Bertz CT molecular complexity index is 1950. The molecule has 17 nitrogen and oxygen atoms in total. The van der Waals surface area contributed by atoms with Crippen LogP contribution in [0.1, 0.15) is 415 Å². The summed E-state index contributed by atoms with van der Waals surface area (Å²) in [6.07, 6.45) is 57.0. The van der Waals surface area contributed by atoms with Crippen LogP contribution in [0.5, 0.6) is 0 Å². The van der Waals surface area contributed by atoms with Gasteiger partial charge in [0, 0.05) is 25.7 Å². The van der Waals surface area contributed by atoms with Gasteiger partial charge < -0.3 is 33.8 Å². The zero-order chi connectivity index (χ0) is 73.8. The predicted octanol–water partition coefficient (Wildman–Crippen LogP) is 24.0. The summed E-state index contributed by atoms with van der Waals surface area (Å²) in [4.78, 5) is 73.0. The first-order valence-corrected chi connectivity index (χ1v) is 44.7. The molecule has 0 saturated carbocycles. The van der Waals surface area contributed by atoms with E-state index in [1.807, 2.05) is 0 Å². The van der Waals surface area contributed by atoms with Gasteiger partial charge in [-0.05, 0) is 49.4 Å². The molecule has 0 amide bonds. The van der Waals surface area contributed by atoms with Gasteiger partial charge in [0.05, 0.1) is 26.4 Å². The molecule has 5 atom stereocenters. The summed E-state index contributed by atoms with van der Waals surface area (Å²) in [6, 6.07) is 0. The first-order chi connectivity index (χ1) is 48.1. The van der Waals surface area contributed by atoms with Crippen molar-refractivity contribution in [1.82, 2.24) is 0 Å². The average Bonchev–Trinajstić information content (AvgIpc) is 0.921. The van der Waals surface area contributed by atoms with Crippen molar-refractivity contribution in [3.05, 3.63) is 0 Å². The van der Waals surface area contributed by atoms with E-state index in [4.69, 9.17) is 37.0 Å². The number of ether oxygens (including phenoxy) is 4. The number of esters is 4. The van der Waals surface area contributed by atoms with Crippen molar-refractivity contribution in [2.75, 3.05) is 39.6 Å². The molecule has 0 aliphatic rings. The van der Waals surface area contributed by atoms with Crippen molar-refractivity contribution in [3.8, 4) is 0 Å². The minimum absolute atomic E-state index is 0.105. The van der Waals surface area contributed by atoms with Gasteiger partial charge in [-0.15, -0.1) is 0 Å². The summed E-state index contributed by atoms with van der Waals surface area (Å²) in [5.74, 6) is 0.959. The molecule has 3 unspecified atom stereocenters. The number of carbonyl (C=O) groups is 4. The van der Waals surface area contributed by atoms with E-state index in [0.29, 0.717) is 25.7 Å². The zero-order valence-corrected chi connectivity index (χ0v) is 67.6. The smallest absolute Gasteiger partial charge is 0.462 e. The van der Waals surface area contributed by atoms with Crippen LogP contribution >= 0.6 is 15.6 Å². The lowest BCUT2D eigenvalue weighted by Crippen LogP contribution is -2.30. The van der Waals surface area contributed by atoms with Gasteiger partial charge in [0.25, 0.3) is 0 Å². The summed E-state index contributed by atoms with van der Waals surface area (Å²) in [5.41, 5.74) is 0. The molecule has 0 radical (unpaired) electrons. The Kier molecular flexibility index (Phi) is 68.7. The van der Waals surface area contributed by atoms with Crippen LogP contribution in [-0.4, -0.2) is 96.7 Å². The molecule has 100 heavy (non-hydrogen) atoms. The molecule has 0 aromatic heterocycles. The van der Waals surface area contributed by atoms with Crippen LogP contribution in [0, 0.1) is 23.7 Å². The van der Waals surface area contributed by atoms with Crippen LogP contribution in [0.25, 0.3) is 0 Å². The second kappa shape index (κ2) is 70.1. The van der Waals surface area contributed by atoms with E-state index >= 15 is 0 Å². The first kappa shape index (κ1) is 98.1. The molecular formula is C81H158O17P2. The number of aliphatic hydroxyl groups excluding tert-OH is 1. The van der Waals surface area contributed by atoms with E-state index < -0.39 is 97.5 Å². The predicted molar refractivity (Wildman–Crippen MR) is 409 cm³/mol. The van der Waals surface area contributed by atoms with Gasteiger partial charge >= 0.3 is 39.5 Å². The minimum Gasteiger partial charge on any atom is -0.462 e. The molecule has 0 fully saturated rings. The fourth-order valence-corrected chi connectivity index (χ4v) is 14.0. The minimum atomic E-state index is -4.96. The monoisotopic (exact) mass is 1470 g/mol. The number of unbranched alkanes of at least 4 members (excludes halogenated alkanes) is 44. The van der Waals surface area contributed by atoms with Gasteiger partial charge in [0.1, 0.15) is 19.3 Å². The summed E-state index contributed by atoms with van der Waals surface area (Å²) >= 11 is 0. The summed E-state index contributed by atoms with van der Waals surface area (Å²) in [7, 11) is -9.92. The van der Waals surface area contributed by atoms with Gasteiger partial charge in [-0.3, -0.25) is 37.3 Å². The highest BCUT2D eigenvalue weighted by Crippen LogP contribution is 2.45. The van der Waals surface area contributed by atoms with Gasteiger partial charge in [0.15, 0.2) is 12.2 Å². The lowest BCUT2D eigenvalue weighted by Gasteiger charge is -2.21. The van der Waals surface area contributed by atoms with Crippen molar-refractivity contribution < 1.29 is 80.2 Å². The molecule has 0 saturated heterocycles. The normalized spacial score (nSPS) is 14.0. The maximum atomic E-state index is 13.1. The van der Waals surface area contributed by atoms with Crippen molar-refractivity contribution >= 4 is 39.5 Å². The SMILES string of the molecule is CC(C)CCCCCCCCCCCCCCCCCCCCC(=O)O[C@H](COC(=O)CCCCCCCCCCCCCCCC(C)C)COP(=O)(O)OCC(O)COP(=O)(O)OC[C@@H](COC(=O)CCCCCCCCCCC(C)C)OC(=O)CCCCCCCCCCCC(C)C. The number of phosphoric acid groups is 2. The van der Waals surface area contributed by atoms with Crippen LogP contribution in [0.15, 0.2) is 0 Å². The molecule has 3 N–H and O–H groups in total. The number of hydrogen-bond donors (Lipinski definition) is 3. The second-order valence-corrected chi connectivity index (χ2v) is 34.0. The maximum absolute atomic E-state index is 13.1. The highest BCUT2D eigenvalue weighted by molar-refractivity contribution is 7.47. The largest absolute Gasteiger partial charge is 0.472 e. The molecule has 0 aliphatic heterocycles. The maximum Gasteiger partial charge on any atom is 0.472 e. The molecule has 0 bridgehead atoms. The number of rotatable bonds is 78. The van der Waals surface area contributed by atoms with Gasteiger partial charge in [-0.1, -0.05) is 364 Å². The van der Waals surface area contributed by atoms with Crippen molar-refractivity contribution in [3.63, 3.8) is 0 Å². The van der Waals surface area contributed by atoms with Crippen molar-refractivity contribution in [1.29, 1.82) is 0 Å². The summed E-state index contributed by atoms with van der Waals surface area (Å²) in [6.45, 7) is 14.2. The van der Waals surface area contributed by atoms with E-state index in [2.05, 4.69) is 55.4 Å². The van der Waals surface area contributed by atoms with Crippen LogP contribution in [0.4, 0.5) is 0 Å². The topological polar surface area (TPSA) is 237 Å². The molecular weight excluding hydrogens is 1310 g/mol. The number of aliphatic hydroxyl groups is 1. The van der Waals surface area contributed by atoms with Crippen molar-refractivity contribution in [2.45, 2.75) is 433 Å². The quantitative estimate of drug-likeness (QED) is 0.0222. The van der Waals surface area contributed by atoms with E-state index in [1.165, 1.54) is 218 Å². The fraction of sp³-hybridized carbons (Fsp3) is 0.951. The molecule has 0 aliphatic carbocycles. The third-order valence-corrected chi connectivity index (χ3v) is 20.7. The Hall–Kier alpha value is -1.94. The van der Waals surface area contributed by atoms with E-state index in [9.17, 15) is 43.2 Å². The number of carbonyl (C=O) groups excluding carboxylic acids is 4. The third kappa shape index (κ3) is 74.3. The molecule has 0 spiro atoms. The van der Waals surface area contributed by atoms with E-state index in [-0.39, 0.29) is 25.7 Å². The van der Waals surface area contributed by atoms with Crippen LogP contribution in [0.3, 0.4) is 0 Å². The Labute approximate surface area is 613 Å². The molecule has 0 rings (SSSR count). The molecule has 0 aromatic carbocycles. The number of hydrogen-bond acceptors (Lipinski definition) is 15. The van der Waals surface area contributed by atoms with Crippen LogP contribution < -0.4 is 0 Å². The lowest BCUT2D eigenvalue weighted by atomic mass is 10.0. The Morgan fingerprint density at radius 1 is 0.250 bits per heavy atom. The number of phosphoric ester groups is 2. The van der Waals surface area contributed by atoms with E-state index in [0.717, 1.165) is 114 Å². The van der Waals surface area contributed by atoms with Crippen molar-refractivity contribution in [2.24, 2.45) is 23.7 Å². The average molecular weight is 1470 g/mol. The Morgan fingerprint density at radius 2 is 0.420 bits per heavy atom. The standard InChI is InChI=1S/C81H158O17P2/c1-71(2)57-49-41-33-25-20-16-13-11-9-10-12-14-18-23-29-39-47-55-63-80(85)97-76(67-91-78(83)61-53-45-37-28-22-19-15-17-21-26-34-42-50-58-72(3)4)69-95-99(87,88)93-65-75(82)66-94-100(89,90)96-70-77(68-92-79(84)62-54-46-38-32-31-36-44-52-60-74(7)8)98-81(86)64-56-48-40-30-24-27-35-43-51-59-73(5)6/h71-77,82H,9-70H2,1-8H3,(H,87,88)(H,89,90)/t75?,76-,77-/m1/s1. The highest BCUT2D eigenvalue weighted by Gasteiger charge is 2.30. The van der Waals surface area contributed by atoms with E-state index in [1.54, 1.807) is 0 Å². The zero-order valence-electron chi connectivity index (χ0n) is 65.8. The third-order valence-electron chi connectivity index (χ3n) is 18.8. The molecule has 0 heterocycles. The summed E-state index contributed by atoms with van der Waals surface area (Å²) < 4.78 is 68.7. The highest BCUT2D eigenvalue weighted by atomic mass is 31.2. The Morgan fingerprint density at radius 3 is 0.620 bits per heavy atom. The van der Waals surface area contributed by atoms with Gasteiger partial charge in [-0.2, -0.15) is 0 Å². The fourth-order valence-electron chi connectivity index (χ4n) is 12.4. The summed E-state index contributed by atoms with van der Waals surface area (Å²) in [5, 5.41) is 10.6. The first-order valence-electron chi connectivity index (χ1n) is 41.7. The second-order valence-electron chi connectivity index (χ2n) is 31.1. The van der Waals surface area contributed by atoms with Crippen LogP contribution in [0.2, 0.25) is 0 Å². The lowest BCUT2D eigenvalue weighted by molar-refractivity contribution is -0.161. The Balaban J connectivity index is 5.23.